The van der Waals surface area contributed by atoms with Crippen molar-refractivity contribution in [3.05, 3.63) is 0 Å². The van der Waals surface area contributed by atoms with E-state index in [1.807, 2.05) is 0 Å². The first-order chi connectivity index (χ1) is 14.1. The van der Waals surface area contributed by atoms with Gasteiger partial charge in [0.25, 0.3) is 0 Å². The quantitative estimate of drug-likeness (QED) is 0.545. The first-order valence-electron chi connectivity index (χ1n) is 13.1. The van der Waals surface area contributed by atoms with E-state index >= 15 is 0 Å². The Morgan fingerprint density at radius 2 is 0.967 bits per heavy atom. The zero-order valence-electron chi connectivity index (χ0n) is 22.3. The van der Waals surface area contributed by atoms with Gasteiger partial charge in [-0.25, -0.2) is 0 Å². The third kappa shape index (κ3) is 9.57. The second kappa shape index (κ2) is 14.1. The third-order valence-corrected chi connectivity index (χ3v) is 8.47. The molecule has 0 aromatic carbocycles. The van der Waals surface area contributed by atoms with Crippen LogP contribution in [0.3, 0.4) is 0 Å². The van der Waals surface area contributed by atoms with Gasteiger partial charge >= 0.3 is 0 Å². The summed E-state index contributed by atoms with van der Waals surface area (Å²) in [6.45, 7) is 14.0. The molecule has 3 nitrogen and oxygen atoms in total. The van der Waals surface area contributed by atoms with Gasteiger partial charge in [-0.3, -0.25) is 0 Å². The summed E-state index contributed by atoms with van der Waals surface area (Å²) in [5.41, 5.74) is 0. The van der Waals surface area contributed by atoms with Gasteiger partial charge in [-0.1, -0.05) is 41.5 Å². The molecule has 0 atom stereocenters. The third-order valence-electron chi connectivity index (χ3n) is 8.47. The van der Waals surface area contributed by atoms with Crippen LogP contribution < -0.4 is 10.6 Å². The summed E-state index contributed by atoms with van der Waals surface area (Å²) in [4.78, 5) is 2.35. The van der Waals surface area contributed by atoms with E-state index < -0.39 is 0 Å². The van der Waals surface area contributed by atoms with Crippen LogP contribution in [0.15, 0.2) is 0 Å². The van der Waals surface area contributed by atoms with Crippen molar-refractivity contribution in [2.24, 2.45) is 35.5 Å². The number of nitrogens with zero attached hydrogens (tertiary/aromatic N) is 1. The minimum absolute atomic E-state index is 0.810. The fourth-order valence-electron chi connectivity index (χ4n) is 5.11. The fraction of sp³-hybridized carbons (Fsp3) is 1.00. The average molecular weight is 424 g/mol. The van der Waals surface area contributed by atoms with Gasteiger partial charge < -0.3 is 15.5 Å². The summed E-state index contributed by atoms with van der Waals surface area (Å²) in [5.74, 6) is 5.70. The zero-order valence-corrected chi connectivity index (χ0v) is 22.3. The molecule has 0 saturated heterocycles. The SMILES string of the molecule is CC(C)C1CC(N(C)C)C1.CNC1CC(C(C)C)C1.CNC1CCC(C(C)C)CC1. The molecule has 30 heavy (non-hydrogen) atoms. The number of hydrogen-bond acceptors (Lipinski definition) is 3. The summed E-state index contributed by atoms with van der Waals surface area (Å²) >= 11 is 0. The molecule has 0 spiro atoms. The summed E-state index contributed by atoms with van der Waals surface area (Å²) in [6.07, 6.45) is 11.3. The number of hydrogen-bond donors (Lipinski definition) is 2. The molecular formula is C27H57N3. The molecule has 2 N–H and O–H groups in total. The molecule has 3 saturated carbocycles. The van der Waals surface area contributed by atoms with Crippen LogP contribution in [0.1, 0.15) is 92.9 Å². The van der Waals surface area contributed by atoms with Crippen molar-refractivity contribution in [1.82, 2.24) is 15.5 Å². The van der Waals surface area contributed by atoms with Gasteiger partial charge in [0, 0.05) is 18.1 Å². The van der Waals surface area contributed by atoms with Gasteiger partial charge in [-0.15, -0.1) is 0 Å². The Labute approximate surface area is 190 Å². The maximum atomic E-state index is 3.36. The van der Waals surface area contributed by atoms with Gasteiger partial charge in [0.05, 0.1) is 0 Å². The standard InChI is InChI=1S/C10H21N.C9H19N.C8H17N/c1-8(2)9-4-6-10(11-3)7-5-9;1-7(2)8-5-9(6-8)10(3)4;1-6(2)7-4-8(5-7)9-3/h8-11H,4-7H2,1-3H3;7-9H,5-6H2,1-4H3;6-9H,4-5H2,1-3H3. The van der Waals surface area contributed by atoms with Crippen LogP contribution in [-0.2, 0) is 0 Å². The fourth-order valence-corrected chi connectivity index (χ4v) is 5.11. The van der Waals surface area contributed by atoms with E-state index in [0.29, 0.717) is 0 Å². The first-order valence-corrected chi connectivity index (χ1v) is 13.1. The van der Waals surface area contributed by atoms with Gasteiger partial charge in [-0.2, -0.15) is 0 Å². The van der Waals surface area contributed by atoms with E-state index in [1.54, 1.807) is 0 Å². The molecule has 0 heterocycles. The second-order valence-electron chi connectivity index (χ2n) is 11.7. The normalized spacial score (nSPS) is 33.4. The number of nitrogens with one attached hydrogen (secondary N) is 2. The molecule has 3 aliphatic carbocycles. The molecule has 0 aromatic heterocycles. The maximum absolute atomic E-state index is 3.36. The lowest BCUT2D eigenvalue weighted by atomic mass is 9.73. The molecule has 3 heteroatoms. The molecule has 0 amide bonds. The highest BCUT2D eigenvalue weighted by Crippen LogP contribution is 2.35. The molecule has 180 valence electrons. The smallest absolute Gasteiger partial charge is 0.00946 e. The Hall–Kier alpha value is -0.120. The van der Waals surface area contributed by atoms with Crippen molar-refractivity contribution in [1.29, 1.82) is 0 Å². The molecule has 0 bridgehead atoms. The second-order valence-corrected chi connectivity index (χ2v) is 11.7. The molecule has 3 rings (SSSR count). The van der Waals surface area contributed by atoms with Crippen molar-refractivity contribution in [3.63, 3.8) is 0 Å². The Morgan fingerprint density at radius 1 is 0.567 bits per heavy atom. The van der Waals surface area contributed by atoms with E-state index in [2.05, 4.69) is 85.3 Å². The average Bonchev–Trinajstić information content (AvgIpc) is 2.59. The van der Waals surface area contributed by atoms with E-state index in [4.69, 9.17) is 0 Å². The van der Waals surface area contributed by atoms with Crippen LogP contribution in [0.25, 0.3) is 0 Å². The minimum atomic E-state index is 0.810. The van der Waals surface area contributed by atoms with Gasteiger partial charge in [0.2, 0.25) is 0 Å². The lowest BCUT2D eigenvalue weighted by Crippen LogP contribution is -2.42. The lowest BCUT2D eigenvalue weighted by Gasteiger charge is -2.41. The molecule has 0 aromatic rings. The Kier molecular flexibility index (Phi) is 13.1. The molecule has 3 aliphatic rings. The van der Waals surface area contributed by atoms with E-state index in [0.717, 1.165) is 53.6 Å². The zero-order chi connectivity index (χ0) is 22.8. The van der Waals surface area contributed by atoms with Gasteiger partial charge in [0.15, 0.2) is 0 Å². The van der Waals surface area contributed by atoms with E-state index in [9.17, 15) is 0 Å². The molecule has 0 aliphatic heterocycles. The predicted octanol–water partition coefficient (Wildman–Crippen LogP) is 6.04. The van der Waals surface area contributed by atoms with Crippen molar-refractivity contribution >= 4 is 0 Å². The van der Waals surface area contributed by atoms with Crippen LogP contribution >= 0.6 is 0 Å². The van der Waals surface area contributed by atoms with Crippen molar-refractivity contribution in [3.8, 4) is 0 Å². The van der Waals surface area contributed by atoms with Crippen LogP contribution in [0, 0.1) is 35.5 Å². The van der Waals surface area contributed by atoms with Crippen LogP contribution in [0.5, 0.6) is 0 Å². The van der Waals surface area contributed by atoms with Crippen molar-refractivity contribution in [2.75, 3.05) is 28.2 Å². The lowest BCUT2D eigenvalue weighted by molar-refractivity contribution is 0.0924. The highest BCUT2D eigenvalue weighted by atomic mass is 15.1. The Bertz CT molecular complexity index is 400. The molecule has 3 fully saturated rings. The van der Waals surface area contributed by atoms with Crippen LogP contribution in [-0.4, -0.2) is 51.2 Å². The summed E-state index contributed by atoms with van der Waals surface area (Å²) < 4.78 is 0. The molecule has 0 radical (unpaired) electrons. The van der Waals surface area contributed by atoms with Crippen LogP contribution in [0.4, 0.5) is 0 Å². The maximum Gasteiger partial charge on any atom is 0.00946 e. The largest absolute Gasteiger partial charge is 0.317 e. The van der Waals surface area contributed by atoms with E-state index in [1.165, 1.54) is 51.4 Å². The van der Waals surface area contributed by atoms with Gasteiger partial charge in [-0.05, 0) is 115 Å². The summed E-state index contributed by atoms with van der Waals surface area (Å²) in [6, 6.07) is 2.52. The van der Waals surface area contributed by atoms with Crippen LogP contribution in [0.2, 0.25) is 0 Å². The Balaban J connectivity index is 0.000000226. The van der Waals surface area contributed by atoms with E-state index in [-0.39, 0.29) is 0 Å². The van der Waals surface area contributed by atoms with Gasteiger partial charge in [0.1, 0.15) is 0 Å². The highest BCUT2D eigenvalue weighted by Gasteiger charge is 2.32. The molecule has 0 unspecified atom stereocenters. The van der Waals surface area contributed by atoms with Crippen molar-refractivity contribution < 1.29 is 0 Å². The minimum Gasteiger partial charge on any atom is -0.317 e. The summed E-state index contributed by atoms with van der Waals surface area (Å²) in [7, 11) is 8.50. The number of rotatable bonds is 6. The Morgan fingerprint density at radius 3 is 1.30 bits per heavy atom. The molecular weight excluding hydrogens is 366 g/mol. The monoisotopic (exact) mass is 423 g/mol. The topological polar surface area (TPSA) is 27.3 Å². The predicted molar refractivity (Wildman–Crippen MR) is 135 cm³/mol. The first kappa shape index (κ1) is 27.9. The summed E-state index contributed by atoms with van der Waals surface area (Å²) in [5, 5.41) is 6.65. The highest BCUT2D eigenvalue weighted by molar-refractivity contribution is 4.86. The van der Waals surface area contributed by atoms with Crippen molar-refractivity contribution in [2.45, 2.75) is 111 Å².